The molecule has 0 aliphatic heterocycles. The molecule has 88 valence electrons. The number of ketones is 1. The summed E-state index contributed by atoms with van der Waals surface area (Å²) in [4.78, 5) is 16.4. The maximum atomic E-state index is 12.3. The number of carbonyl (C=O) groups excluding carboxylic acids is 1. The van der Waals surface area contributed by atoms with E-state index >= 15 is 0 Å². The molecule has 4 nitrogen and oxygen atoms in total. The van der Waals surface area contributed by atoms with Gasteiger partial charge >= 0.3 is 0 Å². The molecule has 0 aliphatic carbocycles. The Balaban J connectivity index is 2.09. The highest BCUT2D eigenvalue weighted by Crippen LogP contribution is 2.18. The van der Waals surface area contributed by atoms with Crippen molar-refractivity contribution in [2.75, 3.05) is 0 Å². The Kier molecular flexibility index (Phi) is 2.41. The van der Waals surface area contributed by atoms with Gasteiger partial charge in [0, 0.05) is 11.8 Å². The molecule has 0 aliphatic rings. The lowest BCUT2D eigenvalue weighted by molar-refractivity contribution is 0.100. The van der Waals surface area contributed by atoms with Crippen molar-refractivity contribution >= 4 is 16.8 Å². The number of pyridine rings is 1. The summed E-state index contributed by atoms with van der Waals surface area (Å²) in [6.45, 7) is 1.97. The number of fused-ring (bicyclic) bond motifs is 1. The first-order valence-corrected chi connectivity index (χ1v) is 5.57. The number of rotatable bonds is 2. The molecule has 2 aromatic heterocycles. The molecule has 0 N–H and O–H groups in total. The van der Waals surface area contributed by atoms with Crippen LogP contribution < -0.4 is 0 Å². The molecule has 0 spiro atoms. The van der Waals surface area contributed by atoms with Crippen LogP contribution in [0.1, 0.15) is 21.7 Å². The summed E-state index contributed by atoms with van der Waals surface area (Å²) in [5, 5.41) is 3.82. The van der Waals surface area contributed by atoms with Gasteiger partial charge in [-0.3, -0.25) is 9.78 Å². The Morgan fingerprint density at radius 3 is 2.72 bits per heavy atom. The maximum absolute atomic E-state index is 12.3. The number of aryl methyl sites for hydroxylation is 1. The van der Waals surface area contributed by atoms with E-state index in [1.54, 1.807) is 30.5 Å². The summed E-state index contributed by atoms with van der Waals surface area (Å²) < 4.78 is 5.10. The highest BCUT2D eigenvalue weighted by molar-refractivity contribution is 6.13. The van der Waals surface area contributed by atoms with Gasteiger partial charge < -0.3 is 4.52 Å². The second-order valence-electron chi connectivity index (χ2n) is 4.08. The number of aromatic nitrogens is 2. The normalized spacial score (nSPS) is 10.7. The minimum atomic E-state index is -0.198. The van der Waals surface area contributed by atoms with Crippen molar-refractivity contribution in [3.05, 3.63) is 59.5 Å². The monoisotopic (exact) mass is 238 g/mol. The third-order valence-electron chi connectivity index (χ3n) is 2.76. The summed E-state index contributed by atoms with van der Waals surface area (Å²) in [5.41, 5.74) is 2.77. The lowest BCUT2D eigenvalue weighted by Crippen LogP contribution is -2.00. The summed E-state index contributed by atoms with van der Waals surface area (Å²) in [6, 6.07) is 10.8. The van der Waals surface area contributed by atoms with Crippen molar-refractivity contribution in [1.82, 2.24) is 10.1 Å². The largest absolute Gasteiger partial charge is 0.350 e. The smallest absolute Gasteiger partial charge is 0.233 e. The lowest BCUT2D eigenvalue weighted by Gasteiger charge is -1.97. The molecule has 0 fully saturated rings. The molecular formula is C14H10N2O2. The predicted molar refractivity (Wildman–Crippen MR) is 66.4 cm³/mol. The summed E-state index contributed by atoms with van der Waals surface area (Å²) in [7, 11) is 0. The van der Waals surface area contributed by atoms with Gasteiger partial charge in [-0.25, -0.2) is 0 Å². The van der Waals surface area contributed by atoms with Gasteiger partial charge in [0.15, 0.2) is 0 Å². The van der Waals surface area contributed by atoms with Crippen molar-refractivity contribution < 1.29 is 9.32 Å². The van der Waals surface area contributed by atoms with E-state index in [1.807, 2.05) is 19.1 Å². The highest BCUT2D eigenvalue weighted by Gasteiger charge is 2.18. The molecule has 0 bridgehead atoms. The van der Waals surface area contributed by atoms with E-state index in [0.29, 0.717) is 16.6 Å². The summed E-state index contributed by atoms with van der Waals surface area (Å²) in [6.07, 6.45) is 1.62. The van der Waals surface area contributed by atoms with Crippen LogP contribution in [-0.2, 0) is 0 Å². The predicted octanol–water partition coefficient (Wildman–Crippen LogP) is 2.76. The average molecular weight is 238 g/mol. The van der Waals surface area contributed by atoms with Crippen LogP contribution in [0.5, 0.6) is 0 Å². The van der Waals surface area contributed by atoms with Crippen LogP contribution in [0.2, 0.25) is 0 Å². The lowest BCUT2D eigenvalue weighted by atomic mass is 10.1. The fraction of sp³-hybridized carbons (Fsp3) is 0.0714. The van der Waals surface area contributed by atoms with E-state index in [-0.39, 0.29) is 11.5 Å². The second-order valence-corrected chi connectivity index (χ2v) is 4.08. The molecule has 1 aromatic carbocycles. The molecule has 0 atom stereocenters. The number of carbonyl (C=O) groups is 1. The van der Waals surface area contributed by atoms with Crippen LogP contribution in [0.4, 0.5) is 0 Å². The minimum absolute atomic E-state index is 0.189. The Labute approximate surface area is 103 Å². The SMILES string of the molecule is Cc1ccc(C(=O)c2onc3cccnc23)cc1. The van der Waals surface area contributed by atoms with Crippen molar-refractivity contribution in [3.63, 3.8) is 0 Å². The van der Waals surface area contributed by atoms with Gasteiger partial charge in [-0.15, -0.1) is 0 Å². The molecule has 2 heterocycles. The fourth-order valence-corrected chi connectivity index (χ4v) is 1.77. The van der Waals surface area contributed by atoms with Crippen molar-refractivity contribution in [2.45, 2.75) is 6.92 Å². The van der Waals surface area contributed by atoms with Gasteiger partial charge in [0.05, 0.1) is 0 Å². The van der Waals surface area contributed by atoms with Crippen LogP contribution in [0.15, 0.2) is 47.1 Å². The topological polar surface area (TPSA) is 56.0 Å². The number of hydrogen-bond acceptors (Lipinski definition) is 4. The Morgan fingerprint density at radius 2 is 1.94 bits per heavy atom. The van der Waals surface area contributed by atoms with Crippen LogP contribution in [0, 0.1) is 6.92 Å². The minimum Gasteiger partial charge on any atom is -0.350 e. The molecule has 0 amide bonds. The van der Waals surface area contributed by atoms with Crippen LogP contribution in [0.25, 0.3) is 11.0 Å². The van der Waals surface area contributed by atoms with Crippen LogP contribution in [0.3, 0.4) is 0 Å². The standard InChI is InChI=1S/C14H10N2O2/c1-9-4-6-10(7-5-9)13(17)14-12-11(16-18-14)3-2-8-15-12/h2-8H,1H3. The highest BCUT2D eigenvalue weighted by atomic mass is 16.5. The van der Waals surface area contributed by atoms with Gasteiger partial charge in [0.2, 0.25) is 11.5 Å². The van der Waals surface area contributed by atoms with E-state index in [2.05, 4.69) is 10.1 Å². The van der Waals surface area contributed by atoms with Crippen LogP contribution in [-0.4, -0.2) is 15.9 Å². The number of nitrogens with zero attached hydrogens (tertiary/aromatic N) is 2. The van der Waals surface area contributed by atoms with E-state index < -0.39 is 0 Å². The first-order valence-electron chi connectivity index (χ1n) is 5.57. The van der Waals surface area contributed by atoms with Gasteiger partial charge in [-0.2, -0.15) is 0 Å². The van der Waals surface area contributed by atoms with Crippen molar-refractivity contribution in [2.24, 2.45) is 0 Å². The quantitative estimate of drug-likeness (QED) is 0.644. The Hall–Kier alpha value is -2.49. The zero-order valence-electron chi connectivity index (χ0n) is 9.75. The average Bonchev–Trinajstić information content (AvgIpc) is 2.82. The Bertz CT molecular complexity index is 714. The molecule has 3 rings (SSSR count). The van der Waals surface area contributed by atoms with Gasteiger partial charge in [0.1, 0.15) is 11.0 Å². The van der Waals surface area contributed by atoms with Gasteiger partial charge in [-0.05, 0) is 19.1 Å². The number of hydrogen-bond donors (Lipinski definition) is 0. The fourth-order valence-electron chi connectivity index (χ4n) is 1.77. The van der Waals surface area contributed by atoms with E-state index in [0.717, 1.165) is 5.56 Å². The third kappa shape index (κ3) is 1.68. The summed E-state index contributed by atoms with van der Waals surface area (Å²) >= 11 is 0. The Morgan fingerprint density at radius 1 is 1.17 bits per heavy atom. The third-order valence-corrected chi connectivity index (χ3v) is 2.76. The maximum Gasteiger partial charge on any atom is 0.233 e. The van der Waals surface area contributed by atoms with E-state index in [4.69, 9.17) is 4.52 Å². The van der Waals surface area contributed by atoms with Gasteiger partial charge in [-0.1, -0.05) is 35.0 Å². The first-order chi connectivity index (χ1) is 8.75. The number of benzene rings is 1. The summed E-state index contributed by atoms with van der Waals surface area (Å²) in [5.74, 6) is -0.00865. The van der Waals surface area contributed by atoms with E-state index in [9.17, 15) is 4.79 Å². The van der Waals surface area contributed by atoms with Crippen molar-refractivity contribution in [1.29, 1.82) is 0 Å². The molecule has 0 saturated carbocycles. The zero-order valence-corrected chi connectivity index (χ0v) is 9.75. The van der Waals surface area contributed by atoms with E-state index in [1.165, 1.54) is 0 Å². The molecule has 0 radical (unpaired) electrons. The van der Waals surface area contributed by atoms with Crippen LogP contribution >= 0.6 is 0 Å². The van der Waals surface area contributed by atoms with Gasteiger partial charge in [0.25, 0.3) is 0 Å². The first kappa shape index (κ1) is 10.7. The molecule has 4 heteroatoms. The molecule has 3 aromatic rings. The molecule has 18 heavy (non-hydrogen) atoms. The molecule has 0 unspecified atom stereocenters. The zero-order chi connectivity index (χ0) is 12.5. The molecule has 0 saturated heterocycles. The van der Waals surface area contributed by atoms with Crippen molar-refractivity contribution in [3.8, 4) is 0 Å². The molecular weight excluding hydrogens is 228 g/mol. The second kappa shape index (κ2) is 4.07.